The van der Waals surface area contributed by atoms with Crippen LogP contribution in [0.4, 0.5) is 13.2 Å². The van der Waals surface area contributed by atoms with Gasteiger partial charge in [-0.15, -0.1) is 25.6 Å². The summed E-state index contributed by atoms with van der Waals surface area (Å²) in [6.45, 7) is 0.358. The van der Waals surface area contributed by atoms with Gasteiger partial charge in [0.2, 0.25) is 5.91 Å². The van der Waals surface area contributed by atoms with Crippen LogP contribution < -0.4 is 15.4 Å². The molecule has 2 N–H and O–H groups in total. The Morgan fingerprint density at radius 2 is 1.96 bits per heavy atom. The lowest BCUT2D eigenvalue weighted by Gasteiger charge is -2.14. The highest BCUT2D eigenvalue weighted by Crippen LogP contribution is 2.22. The number of aromatic nitrogens is 2. The molecule has 0 bridgehead atoms. The second-order valence-electron chi connectivity index (χ2n) is 5.40. The van der Waals surface area contributed by atoms with Crippen LogP contribution in [-0.4, -0.2) is 35.6 Å². The van der Waals surface area contributed by atoms with Crippen LogP contribution in [0.3, 0.4) is 0 Å². The summed E-state index contributed by atoms with van der Waals surface area (Å²) in [7, 11) is 3.44. The number of hydrogen-bond acceptors (Lipinski definition) is 4. The molecule has 26 heavy (non-hydrogen) atoms. The number of likely N-dealkylation sites (N-methyl/N-ethyl adjacent to an activating group) is 1. The second-order valence-corrected chi connectivity index (χ2v) is 5.40. The number of rotatable bonds is 7. The van der Waals surface area contributed by atoms with Gasteiger partial charge in [-0.3, -0.25) is 9.48 Å². The van der Waals surface area contributed by atoms with Crippen molar-refractivity contribution < 1.29 is 22.7 Å². The highest BCUT2D eigenvalue weighted by molar-refractivity contribution is 5.85. The van der Waals surface area contributed by atoms with Crippen molar-refractivity contribution in [2.75, 3.05) is 13.6 Å². The van der Waals surface area contributed by atoms with Crippen molar-refractivity contribution in [1.29, 1.82) is 0 Å². The Bertz CT molecular complexity index is 704. The van der Waals surface area contributed by atoms with Crippen LogP contribution in [0.5, 0.6) is 5.75 Å². The van der Waals surface area contributed by atoms with Crippen LogP contribution in [-0.2, 0) is 18.3 Å². The molecule has 1 heterocycles. The van der Waals surface area contributed by atoms with Crippen LogP contribution in [0.25, 0.3) is 0 Å². The van der Waals surface area contributed by atoms with E-state index in [0.717, 1.165) is 11.1 Å². The number of nitrogens with one attached hydrogen (secondary N) is 2. The van der Waals surface area contributed by atoms with Gasteiger partial charge in [-0.05, 0) is 31.2 Å². The zero-order valence-corrected chi connectivity index (χ0v) is 15.0. The number of amides is 1. The first kappa shape index (κ1) is 21.8. The highest BCUT2D eigenvalue weighted by atomic mass is 35.5. The fourth-order valence-electron chi connectivity index (χ4n) is 2.33. The Morgan fingerprint density at radius 1 is 1.31 bits per heavy atom. The molecule has 1 aromatic heterocycles. The molecule has 144 valence electrons. The molecule has 0 aliphatic rings. The maximum absolute atomic E-state index is 12.2. The van der Waals surface area contributed by atoms with E-state index in [4.69, 9.17) is 0 Å². The number of benzene rings is 1. The first-order valence-electron chi connectivity index (χ1n) is 7.56. The molecule has 2 rings (SSSR count). The summed E-state index contributed by atoms with van der Waals surface area (Å²) in [5.74, 6) is -0.473. The van der Waals surface area contributed by atoms with Gasteiger partial charge in [0.1, 0.15) is 11.8 Å². The number of carbonyl (C=O) groups is 1. The molecule has 0 spiro atoms. The number of nitrogens with zero attached hydrogens (tertiary/aromatic N) is 2. The van der Waals surface area contributed by atoms with Crippen LogP contribution >= 0.6 is 12.4 Å². The fourth-order valence-corrected chi connectivity index (χ4v) is 2.33. The number of carbonyl (C=O) groups excluding carboxylic acids is 1. The van der Waals surface area contributed by atoms with E-state index in [1.807, 2.05) is 0 Å². The summed E-state index contributed by atoms with van der Waals surface area (Å²) < 4.78 is 41.7. The maximum Gasteiger partial charge on any atom is 0.573 e. The quantitative estimate of drug-likeness (QED) is 0.759. The molecular weight excluding hydrogens is 373 g/mol. The average Bonchev–Trinajstić information content (AvgIpc) is 2.94. The molecular formula is C16H20ClF3N4O2. The van der Waals surface area contributed by atoms with E-state index < -0.39 is 12.4 Å². The van der Waals surface area contributed by atoms with Crippen molar-refractivity contribution in [2.45, 2.75) is 18.8 Å². The summed E-state index contributed by atoms with van der Waals surface area (Å²) in [5, 5.41) is 9.75. The zero-order valence-electron chi connectivity index (χ0n) is 14.2. The van der Waals surface area contributed by atoms with Gasteiger partial charge in [0.25, 0.3) is 0 Å². The lowest BCUT2D eigenvalue weighted by molar-refractivity contribution is -0.274. The lowest BCUT2D eigenvalue weighted by atomic mass is 10.1. The molecule has 10 heteroatoms. The normalized spacial score (nSPS) is 12.2. The van der Waals surface area contributed by atoms with Crippen molar-refractivity contribution in [3.63, 3.8) is 0 Å². The van der Waals surface area contributed by atoms with Crippen LogP contribution in [0.2, 0.25) is 0 Å². The summed E-state index contributed by atoms with van der Waals surface area (Å²) in [6.07, 6.45) is -0.855. The zero-order chi connectivity index (χ0) is 18.4. The van der Waals surface area contributed by atoms with E-state index in [0.29, 0.717) is 13.0 Å². The van der Waals surface area contributed by atoms with Gasteiger partial charge in [0, 0.05) is 25.4 Å². The number of hydrogen-bond donors (Lipinski definition) is 2. The third-order valence-electron chi connectivity index (χ3n) is 3.48. The summed E-state index contributed by atoms with van der Waals surface area (Å²) in [6, 6.07) is 5.04. The molecule has 0 radical (unpaired) electrons. The predicted octanol–water partition coefficient (Wildman–Crippen LogP) is 2.36. The minimum atomic E-state index is -4.70. The molecule has 1 unspecified atom stereocenters. The first-order valence-corrected chi connectivity index (χ1v) is 7.56. The smallest absolute Gasteiger partial charge is 0.406 e. The molecule has 1 atom stereocenters. The van der Waals surface area contributed by atoms with Crippen LogP contribution in [0.15, 0.2) is 36.7 Å². The number of ether oxygens (including phenoxy) is 1. The van der Waals surface area contributed by atoms with Crippen LogP contribution in [0, 0.1) is 0 Å². The van der Waals surface area contributed by atoms with E-state index in [1.165, 1.54) is 24.3 Å². The topological polar surface area (TPSA) is 68.2 Å². The molecule has 1 aromatic carbocycles. The number of aryl methyl sites for hydroxylation is 1. The van der Waals surface area contributed by atoms with E-state index in [-0.39, 0.29) is 24.1 Å². The Hall–Kier alpha value is -2.26. The van der Waals surface area contributed by atoms with Gasteiger partial charge in [0.05, 0.1) is 6.20 Å². The van der Waals surface area contributed by atoms with E-state index in [2.05, 4.69) is 20.5 Å². The van der Waals surface area contributed by atoms with Crippen molar-refractivity contribution in [3.05, 3.63) is 47.8 Å². The monoisotopic (exact) mass is 392 g/mol. The molecule has 0 aliphatic carbocycles. The standard InChI is InChI=1S/C16H19F3N4O2.ClH/c1-20-14(12-9-22-23(2)10-12)15(24)21-8-7-11-3-5-13(6-4-11)25-16(17,18)19;/h3-6,9-10,14,20H,7-8H2,1-2H3,(H,21,24);1H. The van der Waals surface area contributed by atoms with Crippen LogP contribution in [0.1, 0.15) is 17.2 Å². The van der Waals surface area contributed by atoms with E-state index in [9.17, 15) is 18.0 Å². The van der Waals surface area contributed by atoms with E-state index in [1.54, 1.807) is 31.2 Å². The summed E-state index contributed by atoms with van der Waals surface area (Å²) in [5.41, 5.74) is 1.54. The molecule has 2 aromatic rings. The van der Waals surface area contributed by atoms with Gasteiger partial charge in [-0.25, -0.2) is 0 Å². The molecule has 0 aliphatic heterocycles. The van der Waals surface area contributed by atoms with Crippen molar-refractivity contribution in [3.8, 4) is 5.75 Å². The molecule has 0 saturated heterocycles. The van der Waals surface area contributed by atoms with Crippen molar-refractivity contribution >= 4 is 18.3 Å². The molecule has 0 fully saturated rings. The second kappa shape index (κ2) is 9.44. The maximum atomic E-state index is 12.2. The Balaban J connectivity index is 0.00000338. The Labute approximate surface area is 155 Å². The Morgan fingerprint density at radius 3 is 2.46 bits per heavy atom. The largest absolute Gasteiger partial charge is 0.573 e. The lowest BCUT2D eigenvalue weighted by Crippen LogP contribution is -2.36. The summed E-state index contributed by atoms with van der Waals surface area (Å²) in [4.78, 5) is 12.2. The van der Waals surface area contributed by atoms with Gasteiger partial charge in [0.15, 0.2) is 0 Å². The third-order valence-corrected chi connectivity index (χ3v) is 3.48. The van der Waals surface area contributed by atoms with Crippen molar-refractivity contribution in [2.24, 2.45) is 7.05 Å². The highest BCUT2D eigenvalue weighted by Gasteiger charge is 2.30. The first-order chi connectivity index (χ1) is 11.8. The fraction of sp³-hybridized carbons (Fsp3) is 0.375. The predicted molar refractivity (Wildman–Crippen MR) is 92.1 cm³/mol. The van der Waals surface area contributed by atoms with Gasteiger partial charge in [-0.1, -0.05) is 12.1 Å². The summed E-state index contributed by atoms with van der Waals surface area (Å²) >= 11 is 0. The molecule has 6 nitrogen and oxygen atoms in total. The van der Waals surface area contributed by atoms with Gasteiger partial charge in [-0.2, -0.15) is 5.10 Å². The molecule has 1 amide bonds. The third kappa shape index (κ3) is 6.57. The minimum Gasteiger partial charge on any atom is -0.406 e. The molecule has 0 saturated carbocycles. The number of alkyl halides is 3. The van der Waals surface area contributed by atoms with Crippen molar-refractivity contribution in [1.82, 2.24) is 20.4 Å². The Kier molecular flexibility index (Phi) is 7.91. The van der Waals surface area contributed by atoms with Gasteiger partial charge >= 0.3 is 6.36 Å². The number of halogens is 4. The average molecular weight is 393 g/mol. The minimum absolute atomic E-state index is 0. The van der Waals surface area contributed by atoms with E-state index >= 15 is 0 Å². The SMILES string of the molecule is CNC(C(=O)NCCc1ccc(OC(F)(F)F)cc1)c1cnn(C)c1.Cl. The van der Waals surface area contributed by atoms with Gasteiger partial charge < -0.3 is 15.4 Å².